The molecule has 26 heavy (non-hydrogen) atoms. The average Bonchev–Trinajstić information content (AvgIpc) is 2.51. The van der Waals surface area contributed by atoms with Crippen molar-refractivity contribution in [3.8, 4) is 0 Å². The van der Waals surface area contributed by atoms with Crippen LogP contribution < -0.4 is 9.03 Å². The lowest BCUT2D eigenvalue weighted by atomic mass is 10.2. The lowest BCUT2D eigenvalue weighted by Crippen LogP contribution is -2.38. The van der Waals surface area contributed by atoms with Gasteiger partial charge in [-0.3, -0.25) is 4.31 Å². The number of anilines is 1. The summed E-state index contributed by atoms with van der Waals surface area (Å²) in [4.78, 5) is 0.199. The Morgan fingerprint density at radius 3 is 2.15 bits per heavy atom. The molecule has 2 aromatic carbocycles. The number of rotatable bonds is 7. The Bertz CT molecular complexity index is 1000. The van der Waals surface area contributed by atoms with Gasteiger partial charge in [-0.25, -0.2) is 21.6 Å². The highest BCUT2D eigenvalue weighted by Gasteiger charge is 2.21. The van der Waals surface area contributed by atoms with Crippen molar-refractivity contribution in [1.82, 2.24) is 4.72 Å². The van der Waals surface area contributed by atoms with Gasteiger partial charge in [-0.05, 0) is 44.0 Å². The molecule has 0 aliphatic rings. The van der Waals surface area contributed by atoms with E-state index in [1.165, 1.54) is 4.31 Å². The van der Waals surface area contributed by atoms with E-state index in [-0.39, 0.29) is 18.0 Å². The largest absolute Gasteiger partial charge is 0.269 e. The highest BCUT2D eigenvalue weighted by Crippen LogP contribution is 2.22. The van der Waals surface area contributed by atoms with Crippen molar-refractivity contribution in [2.75, 3.05) is 23.7 Å². The Labute approximate surface area is 156 Å². The van der Waals surface area contributed by atoms with E-state index in [1.807, 2.05) is 26.0 Å². The number of nitrogens with one attached hydrogen (secondary N) is 1. The third-order valence-corrected chi connectivity index (χ3v) is 6.81. The monoisotopic (exact) mass is 396 g/mol. The van der Waals surface area contributed by atoms with Gasteiger partial charge in [-0.15, -0.1) is 0 Å². The van der Waals surface area contributed by atoms with Crippen molar-refractivity contribution >= 4 is 25.7 Å². The normalized spacial score (nSPS) is 12.2. The summed E-state index contributed by atoms with van der Waals surface area (Å²) in [5, 5.41) is 0. The minimum absolute atomic E-state index is 0.00776. The molecule has 0 amide bonds. The highest BCUT2D eigenvalue weighted by atomic mass is 32.2. The first-order chi connectivity index (χ1) is 12.0. The van der Waals surface area contributed by atoms with Gasteiger partial charge < -0.3 is 0 Å². The summed E-state index contributed by atoms with van der Waals surface area (Å²) in [6, 6.07) is 12.2. The van der Waals surface area contributed by atoms with Crippen LogP contribution in [0.4, 0.5) is 5.69 Å². The van der Waals surface area contributed by atoms with Crippen molar-refractivity contribution in [1.29, 1.82) is 0 Å². The fourth-order valence-electron chi connectivity index (χ4n) is 2.77. The molecular weight excluding hydrogens is 372 g/mol. The molecule has 2 rings (SSSR count). The van der Waals surface area contributed by atoms with Gasteiger partial charge in [0.05, 0.1) is 16.8 Å². The Morgan fingerprint density at radius 1 is 0.923 bits per heavy atom. The van der Waals surface area contributed by atoms with Crippen LogP contribution in [0.1, 0.15) is 16.7 Å². The van der Waals surface area contributed by atoms with Crippen LogP contribution in [-0.4, -0.2) is 36.2 Å². The summed E-state index contributed by atoms with van der Waals surface area (Å²) >= 11 is 0. The number of hydrogen-bond acceptors (Lipinski definition) is 4. The molecule has 142 valence electrons. The van der Waals surface area contributed by atoms with Gasteiger partial charge in [0.25, 0.3) is 0 Å². The third-order valence-electron chi connectivity index (χ3n) is 4.01. The summed E-state index contributed by atoms with van der Waals surface area (Å²) in [6.45, 7) is 5.42. The first-order valence-electron chi connectivity index (χ1n) is 8.12. The van der Waals surface area contributed by atoms with Crippen LogP contribution in [0.3, 0.4) is 0 Å². The number of aryl methyl sites for hydroxylation is 3. The molecule has 0 aromatic heterocycles. The van der Waals surface area contributed by atoms with E-state index in [9.17, 15) is 16.8 Å². The second-order valence-electron chi connectivity index (χ2n) is 6.29. The summed E-state index contributed by atoms with van der Waals surface area (Å²) < 4.78 is 53.0. The van der Waals surface area contributed by atoms with Gasteiger partial charge in [0.1, 0.15) is 0 Å². The van der Waals surface area contributed by atoms with Crippen molar-refractivity contribution in [2.24, 2.45) is 0 Å². The summed E-state index contributed by atoms with van der Waals surface area (Å²) in [5.41, 5.74) is 2.97. The van der Waals surface area contributed by atoms with E-state index in [4.69, 9.17) is 0 Å². The van der Waals surface area contributed by atoms with Gasteiger partial charge in [0.2, 0.25) is 20.0 Å². The topological polar surface area (TPSA) is 83.6 Å². The zero-order chi connectivity index (χ0) is 19.5. The minimum Gasteiger partial charge on any atom is -0.269 e. The van der Waals surface area contributed by atoms with Gasteiger partial charge in [-0.2, -0.15) is 0 Å². The second kappa shape index (κ2) is 7.77. The molecule has 8 heteroatoms. The molecule has 6 nitrogen and oxygen atoms in total. The molecule has 0 aliphatic carbocycles. The van der Waals surface area contributed by atoms with Gasteiger partial charge in [-0.1, -0.05) is 35.9 Å². The smallest absolute Gasteiger partial charge is 0.240 e. The predicted octanol–water partition coefficient (Wildman–Crippen LogP) is 2.36. The highest BCUT2D eigenvalue weighted by molar-refractivity contribution is 7.92. The van der Waals surface area contributed by atoms with E-state index < -0.39 is 20.0 Å². The molecule has 2 aromatic rings. The van der Waals surface area contributed by atoms with Gasteiger partial charge in [0.15, 0.2) is 0 Å². The van der Waals surface area contributed by atoms with Crippen LogP contribution in [0.2, 0.25) is 0 Å². The molecule has 0 bridgehead atoms. The SMILES string of the molecule is Cc1ccc(S(=O)(=O)NCCN(c2ccccc2C)S(C)(=O)=O)c(C)c1. The first-order valence-corrected chi connectivity index (χ1v) is 11.5. The fourth-order valence-corrected chi connectivity index (χ4v) is 5.00. The molecule has 0 saturated carbocycles. The van der Waals surface area contributed by atoms with E-state index in [2.05, 4.69) is 4.72 Å². The third kappa shape index (κ3) is 4.84. The first kappa shape index (κ1) is 20.4. The molecule has 1 N–H and O–H groups in total. The van der Waals surface area contributed by atoms with E-state index in [0.717, 1.165) is 17.4 Å². The Kier molecular flexibility index (Phi) is 6.10. The Morgan fingerprint density at radius 2 is 1.58 bits per heavy atom. The number of sulfonamides is 2. The van der Waals surface area contributed by atoms with E-state index in [1.54, 1.807) is 37.3 Å². The molecule has 0 aliphatic heterocycles. The fraction of sp³-hybridized carbons (Fsp3) is 0.333. The van der Waals surface area contributed by atoms with Gasteiger partial charge in [0, 0.05) is 13.1 Å². The maximum absolute atomic E-state index is 12.5. The van der Waals surface area contributed by atoms with Crippen LogP contribution in [0, 0.1) is 20.8 Å². The van der Waals surface area contributed by atoms with Crippen molar-refractivity contribution in [2.45, 2.75) is 25.7 Å². The van der Waals surface area contributed by atoms with Crippen LogP contribution in [0.5, 0.6) is 0 Å². The molecule has 0 fully saturated rings. The van der Waals surface area contributed by atoms with E-state index >= 15 is 0 Å². The lowest BCUT2D eigenvalue weighted by molar-refractivity contribution is 0.578. The van der Waals surface area contributed by atoms with Crippen LogP contribution >= 0.6 is 0 Å². The van der Waals surface area contributed by atoms with Crippen LogP contribution in [-0.2, 0) is 20.0 Å². The predicted molar refractivity (Wildman–Crippen MR) is 104 cm³/mol. The molecular formula is C18H24N2O4S2. The molecule has 0 radical (unpaired) electrons. The summed E-state index contributed by atoms with van der Waals surface area (Å²) in [7, 11) is -7.25. The van der Waals surface area contributed by atoms with Crippen molar-refractivity contribution in [3.63, 3.8) is 0 Å². The lowest BCUT2D eigenvalue weighted by Gasteiger charge is -2.24. The van der Waals surface area contributed by atoms with Crippen LogP contribution in [0.15, 0.2) is 47.4 Å². The average molecular weight is 397 g/mol. The van der Waals surface area contributed by atoms with Crippen molar-refractivity contribution < 1.29 is 16.8 Å². The molecule has 0 spiro atoms. The Hall–Kier alpha value is -1.90. The molecule has 0 saturated heterocycles. The minimum atomic E-state index is -3.71. The zero-order valence-corrected chi connectivity index (χ0v) is 17.0. The number of para-hydroxylation sites is 1. The molecule has 0 unspecified atom stereocenters. The quantitative estimate of drug-likeness (QED) is 0.779. The number of benzene rings is 2. The number of nitrogens with zero attached hydrogens (tertiary/aromatic N) is 1. The van der Waals surface area contributed by atoms with Gasteiger partial charge >= 0.3 is 0 Å². The standard InChI is InChI=1S/C18H24N2O4S2/c1-14-9-10-18(16(3)13-14)26(23,24)19-11-12-20(25(4,21)22)17-8-6-5-7-15(17)2/h5-10,13,19H,11-12H2,1-4H3. The summed E-state index contributed by atoms with van der Waals surface area (Å²) in [5.74, 6) is 0. The Balaban J connectivity index is 2.19. The maximum Gasteiger partial charge on any atom is 0.240 e. The maximum atomic E-state index is 12.5. The number of hydrogen-bond donors (Lipinski definition) is 1. The molecule has 0 heterocycles. The summed E-state index contributed by atoms with van der Waals surface area (Å²) in [6.07, 6.45) is 1.11. The second-order valence-corrected chi connectivity index (χ2v) is 9.93. The van der Waals surface area contributed by atoms with E-state index in [0.29, 0.717) is 11.3 Å². The molecule has 0 atom stereocenters. The van der Waals surface area contributed by atoms with Crippen molar-refractivity contribution in [3.05, 3.63) is 59.2 Å². The zero-order valence-electron chi connectivity index (χ0n) is 15.4. The van der Waals surface area contributed by atoms with Crippen LogP contribution in [0.25, 0.3) is 0 Å².